The Morgan fingerprint density at radius 3 is 2.36 bits per heavy atom. The van der Waals surface area contributed by atoms with Gasteiger partial charge in [0.1, 0.15) is 0 Å². The van der Waals surface area contributed by atoms with Crippen molar-refractivity contribution in [3.8, 4) is 0 Å². The Bertz CT molecular complexity index is 760. The number of carbonyl (C=O) groups excluding carboxylic acids is 2. The second kappa shape index (κ2) is 8.53. The molecule has 132 valence electrons. The first kappa shape index (κ1) is 18.8. The van der Waals surface area contributed by atoms with Gasteiger partial charge in [-0.2, -0.15) is 0 Å². The summed E-state index contributed by atoms with van der Waals surface area (Å²) < 4.78 is 0. The summed E-state index contributed by atoms with van der Waals surface area (Å²) >= 11 is 5.88. The lowest BCUT2D eigenvalue weighted by molar-refractivity contribution is -0.120. The molecule has 0 aliphatic rings. The lowest BCUT2D eigenvalue weighted by Gasteiger charge is -2.16. The molecule has 0 spiro atoms. The van der Waals surface area contributed by atoms with E-state index in [0.717, 1.165) is 22.5 Å². The highest BCUT2D eigenvalue weighted by molar-refractivity contribution is 6.30. The first-order valence-corrected chi connectivity index (χ1v) is 8.40. The van der Waals surface area contributed by atoms with Gasteiger partial charge in [0.25, 0.3) is 0 Å². The predicted molar refractivity (Wildman–Crippen MR) is 102 cm³/mol. The number of benzene rings is 2. The molecule has 1 atom stereocenters. The Kier molecular flexibility index (Phi) is 6.42. The second-order valence-electron chi connectivity index (χ2n) is 5.85. The van der Waals surface area contributed by atoms with Gasteiger partial charge in [-0.25, -0.2) is 0 Å². The average Bonchev–Trinajstić information content (AvgIpc) is 2.56. The minimum absolute atomic E-state index is 0.113. The van der Waals surface area contributed by atoms with E-state index in [9.17, 15) is 9.59 Å². The molecule has 2 aromatic carbocycles. The van der Waals surface area contributed by atoms with Crippen molar-refractivity contribution in [2.24, 2.45) is 0 Å². The molecule has 0 fully saturated rings. The molecule has 0 saturated heterocycles. The quantitative estimate of drug-likeness (QED) is 0.732. The van der Waals surface area contributed by atoms with Crippen LogP contribution in [0.25, 0.3) is 0 Å². The van der Waals surface area contributed by atoms with E-state index < -0.39 is 0 Å². The van der Waals surface area contributed by atoms with Crippen molar-refractivity contribution in [1.82, 2.24) is 5.32 Å². The zero-order valence-electron chi connectivity index (χ0n) is 14.5. The van der Waals surface area contributed by atoms with Gasteiger partial charge in [0, 0.05) is 23.3 Å². The van der Waals surface area contributed by atoms with Gasteiger partial charge in [0.2, 0.25) is 11.8 Å². The Balaban J connectivity index is 1.93. The highest BCUT2D eigenvalue weighted by atomic mass is 35.5. The van der Waals surface area contributed by atoms with E-state index in [4.69, 9.17) is 11.6 Å². The number of nitrogens with one attached hydrogen (secondary N) is 3. The molecule has 2 aromatic rings. The molecule has 0 heterocycles. The van der Waals surface area contributed by atoms with Crippen LogP contribution in [0.4, 0.5) is 11.4 Å². The molecule has 2 rings (SSSR count). The first-order valence-electron chi connectivity index (χ1n) is 8.02. The maximum Gasteiger partial charge on any atom is 0.239 e. The summed E-state index contributed by atoms with van der Waals surface area (Å²) in [5, 5.41) is 9.48. The van der Waals surface area contributed by atoms with Crippen LogP contribution in [0.3, 0.4) is 0 Å². The van der Waals surface area contributed by atoms with Gasteiger partial charge in [-0.1, -0.05) is 29.8 Å². The van der Waals surface area contributed by atoms with Crippen LogP contribution in [0.5, 0.6) is 0 Å². The lowest BCUT2D eigenvalue weighted by atomic mass is 10.1. The maximum absolute atomic E-state index is 12.2. The zero-order chi connectivity index (χ0) is 18.4. The maximum atomic E-state index is 12.2. The van der Waals surface area contributed by atoms with Crippen LogP contribution in [0.2, 0.25) is 5.02 Å². The Labute approximate surface area is 152 Å². The van der Waals surface area contributed by atoms with Crippen molar-refractivity contribution >= 4 is 34.8 Å². The van der Waals surface area contributed by atoms with E-state index in [2.05, 4.69) is 16.0 Å². The van der Waals surface area contributed by atoms with E-state index >= 15 is 0 Å². The molecule has 3 N–H and O–H groups in total. The van der Waals surface area contributed by atoms with Crippen LogP contribution in [0, 0.1) is 6.92 Å². The van der Waals surface area contributed by atoms with Crippen molar-refractivity contribution in [2.75, 3.05) is 17.2 Å². The fourth-order valence-corrected chi connectivity index (χ4v) is 2.58. The van der Waals surface area contributed by atoms with Crippen LogP contribution in [-0.4, -0.2) is 18.4 Å². The summed E-state index contributed by atoms with van der Waals surface area (Å²) in [7, 11) is 0. The van der Waals surface area contributed by atoms with Crippen molar-refractivity contribution in [3.63, 3.8) is 0 Å². The summed E-state index contributed by atoms with van der Waals surface area (Å²) in [5.74, 6) is -0.249. The molecule has 0 aliphatic heterocycles. The third-order valence-corrected chi connectivity index (χ3v) is 4.08. The van der Waals surface area contributed by atoms with E-state index in [1.807, 2.05) is 44.2 Å². The summed E-state index contributed by atoms with van der Waals surface area (Å²) in [4.78, 5) is 23.4. The molecule has 0 aliphatic carbocycles. The number of hydrogen-bond donors (Lipinski definition) is 3. The normalized spacial score (nSPS) is 11.5. The number of halogens is 1. The summed E-state index contributed by atoms with van der Waals surface area (Å²) in [6, 6.07) is 12.8. The van der Waals surface area contributed by atoms with E-state index in [1.54, 1.807) is 12.1 Å². The van der Waals surface area contributed by atoms with Gasteiger partial charge >= 0.3 is 0 Å². The Morgan fingerprint density at radius 2 is 1.72 bits per heavy atom. The van der Waals surface area contributed by atoms with Crippen LogP contribution in [0.1, 0.15) is 31.0 Å². The van der Waals surface area contributed by atoms with E-state index in [1.165, 1.54) is 6.92 Å². The number of anilines is 2. The predicted octanol–water partition coefficient (Wildman–Crippen LogP) is 3.90. The third-order valence-electron chi connectivity index (χ3n) is 3.83. The number of amides is 2. The highest BCUT2D eigenvalue weighted by Gasteiger charge is 2.11. The van der Waals surface area contributed by atoms with Crippen LogP contribution in [0.15, 0.2) is 42.5 Å². The molecular weight excluding hydrogens is 338 g/mol. The molecule has 2 amide bonds. The summed E-state index contributed by atoms with van der Waals surface area (Å²) in [5.41, 5.74) is 3.41. The first-order chi connectivity index (χ1) is 11.9. The van der Waals surface area contributed by atoms with E-state index in [-0.39, 0.29) is 24.4 Å². The standard InChI is InChI=1S/C19H22ClN3O2/c1-12-17(5-4-6-18(12)23-14(3)24)21-11-19(25)22-13(2)15-7-9-16(20)10-8-15/h4-10,13,21H,11H2,1-3H3,(H,22,25)(H,23,24). The summed E-state index contributed by atoms with van der Waals surface area (Å²) in [6.07, 6.45) is 0. The number of carbonyl (C=O) groups is 2. The largest absolute Gasteiger partial charge is 0.376 e. The van der Waals surface area contributed by atoms with Crippen LogP contribution in [-0.2, 0) is 9.59 Å². The average molecular weight is 360 g/mol. The zero-order valence-corrected chi connectivity index (χ0v) is 15.3. The van der Waals surface area contributed by atoms with E-state index in [0.29, 0.717) is 5.02 Å². The molecule has 1 unspecified atom stereocenters. The van der Waals surface area contributed by atoms with Crippen molar-refractivity contribution < 1.29 is 9.59 Å². The number of rotatable bonds is 6. The minimum atomic E-state index is -0.130. The third kappa shape index (κ3) is 5.50. The van der Waals surface area contributed by atoms with Crippen molar-refractivity contribution in [2.45, 2.75) is 26.8 Å². The monoisotopic (exact) mass is 359 g/mol. The molecule has 0 saturated carbocycles. The Morgan fingerprint density at radius 1 is 1.08 bits per heavy atom. The molecule has 0 radical (unpaired) electrons. The van der Waals surface area contributed by atoms with Gasteiger partial charge < -0.3 is 16.0 Å². The Hall–Kier alpha value is -2.53. The lowest BCUT2D eigenvalue weighted by Crippen LogP contribution is -2.32. The minimum Gasteiger partial charge on any atom is -0.376 e. The fraction of sp³-hybridized carbons (Fsp3) is 0.263. The van der Waals surface area contributed by atoms with Crippen molar-refractivity contribution in [3.05, 3.63) is 58.6 Å². The summed E-state index contributed by atoms with van der Waals surface area (Å²) in [6.45, 7) is 5.42. The number of hydrogen-bond acceptors (Lipinski definition) is 3. The van der Waals surface area contributed by atoms with Crippen molar-refractivity contribution in [1.29, 1.82) is 0 Å². The SMILES string of the molecule is CC(=O)Nc1cccc(NCC(=O)NC(C)c2ccc(Cl)cc2)c1C. The molecule has 5 nitrogen and oxygen atoms in total. The van der Waals surface area contributed by atoms with Gasteiger partial charge in [-0.3, -0.25) is 9.59 Å². The molecule has 25 heavy (non-hydrogen) atoms. The second-order valence-corrected chi connectivity index (χ2v) is 6.29. The van der Waals surface area contributed by atoms with Crippen LogP contribution >= 0.6 is 11.6 Å². The molecular formula is C19H22ClN3O2. The van der Waals surface area contributed by atoms with Gasteiger partial charge in [-0.05, 0) is 49.2 Å². The van der Waals surface area contributed by atoms with Gasteiger partial charge in [-0.15, -0.1) is 0 Å². The molecule has 0 bridgehead atoms. The van der Waals surface area contributed by atoms with Gasteiger partial charge in [0.05, 0.1) is 12.6 Å². The van der Waals surface area contributed by atoms with Gasteiger partial charge in [0.15, 0.2) is 0 Å². The van der Waals surface area contributed by atoms with Crippen LogP contribution < -0.4 is 16.0 Å². The molecule has 0 aromatic heterocycles. The topological polar surface area (TPSA) is 70.2 Å². The fourth-order valence-electron chi connectivity index (χ4n) is 2.46. The molecule has 6 heteroatoms. The highest BCUT2D eigenvalue weighted by Crippen LogP contribution is 2.23. The smallest absolute Gasteiger partial charge is 0.239 e.